The lowest BCUT2D eigenvalue weighted by atomic mass is 9.76. The van der Waals surface area contributed by atoms with Crippen LogP contribution in [0.15, 0.2) is 12.1 Å². The lowest BCUT2D eigenvalue weighted by Crippen LogP contribution is -2.31. The van der Waals surface area contributed by atoms with Crippen LogP contribution in [0.2, 0.25) is 0 Å². The molecule has 0 unspecified atom stereocenters. The summed E-state index contributed by atoms with van der Waals surface area (Å²) in [5.74, 6) is -0.996. The second kappa shape index (κ2) is 4.45. The molecule has 0 spiro atoms. The van der Waals surface area contributed by atoms with Crippen molar-refractivity contribution >= 4 is 18.6 Å². The molecule has 2 rings (SSSR count). The molecule has 1 aromatic rings. The molecule has 86 valence electrons. The number of nitriles is 1. The first kappa shape index (κ1) is 11.5. The average molecular weight is 233 g/mol. The highest BCUT2D eigenvalue weighted by Crippen LogP contribution is 2.22. The van der Waals surface area contributed by atoms with Gasteiger partial charge in [0.2, 0.25) is 0 Å². The molecular weight excluding hydrogens is 225 g/mol. The molecule has 2 N–H and O–H groups in total. The van der Waals surface area contributed by atoms with E-state index in [2.05, 4.69) is 0 Å². The van der Waals surface area contributed by atoms with E-state index in [0.29, 0.717) is 11.0 Å². The number of fused-ring (bicyclic) bond motifs is 1. The van der Waals surface area contributed by atoms with Gasteiger partial charge in [-0.25, -0.2) is 4.79 Å². The van der Waals surface area contributed by atoms with Gasteiger partial charge in [-0.1, -0.05) is 6.07 Å². The van der Waals surface area contributed by atoms with Gasteiger partial charge in [0, 0.05) is 5.46 Å². The predicted octanol–water partition coefficient (Wildman–Crippen LogP) is -0.761. The van der Waals surface area contributed by atoms with Gasteiger partial charge in [-0.15, -0.1) is 0 Å². The zero-order valence-corrected chi connectivity index (χ0v) is 8.71. The van der Waals surface area contributed by atoms with Gasteiger partial charge >= 0.3 is 13.1 Å². The van der Waals surface area contributed by atoms with Crippen LogP contribution in [0.4, 0.5) is 0 Å². The minimum absolute atomic E-state index is 0.119. The lowest BCUT2D eigenvalue weighted by Gasteiger charge is -2.08. The molecule has 0 amide bonds. The minimum Gasteiger partial charge on any atom is -0.481 e. The molecule has 6 nitrogen and oxygen atoms in total. The summed E-state index contributed by atoms with van der Waals surface area (Å²) in [6.45, 7) is -0.311. The van der Waals surface area contributed by atoms with Gasteiger partial charge in [-0.3, -0.25) is 0 Å². The van der Waals surface area contributed by atoms with Gasteiger partial charge < -0.3 is 19.5 Å². The van der Waals surface area contributed by atoms with Gasteiger partial charge in [-0.05, 0) is 11.6 Å². The summed E-state index contributed by atoms with van der Waals surface area (Å²) < 4.78 is 9.95. The van der Waals surface area contributed by atoms with Gasteiger partial charge in [0.25, 0.3) is 0 Å². The standard InChI is InChI=1S/C10H8BNO5/c12-3-7-8(16-5-9(13)14)2-1-6-4-17-11(15)10(6)7/h1-2,15H,4-5H2,(H,13,14). The summed E-state index contributed by atoms with van der Waals surface area (Å²) in [6.07, 6.45) is 0. The second-order valence-corrected chi connectivity index (χ2v) is 3.47. The van der Waals surface area contributed by atoms with Gasteiger partial charge in [0.05, 0.1) is 12.2 Å². The van der Waals surface area contributed by atoms with Crippen molar-refractivity contribution in [3.63, 3.8) is 0 Å². The van der Waals surface area contributed by atoms with Crippen LogP contribution in [0.5, 0.6) is 5.75 Å². The first-order valence-electron chi connectivity index (χ1n) is 4.83. The maximum absolute atomic E-state index is 10.4. The van der Waals surface area contributed by atoms with Crippen molar-refractivity contribution in [1.29, 1.82) is 5.26 Å². The Morgan fingerprint density at radius 2 is 2.41 bits per heavy atom. The van der Waals surface area contributed by atoms with Gasteiger partial charge in [-0.2, -0.15) is 5.26 Å². The Morgan fingerprint density at radius 1 is 1.65 bits per heavy atom. The van der Waals surface area contributed by atoms with Crippen LogP contribution in [0.3, 0.4) is 0 Å². The Hall–Kier alpha value is -2.04. The molecule has 0 saturated heterocycles. The fraction of sp³-hybridized carbons (Fsp3) is 0.200. The maximum Gasteiger partial charge on any atom is 0.493 e. The number of carboxylic acids is 1. The largest absolute Gasteiger partial charge is 0.493 e. The number of rotatable bonds is 3. The molecule has 0 saturated carbocycles. The number of carbonyl (C=O) groups is 1. The van der Waals surface area contributed by atoms with Crippen molar-refractivity contribution in [2.24, 2.45) is 0 Å². The quantitative estimate of drug-likeness (QED) is 0.665. The van der Waals surface area contributed by atoms with E-state index in [1.807, 2.05) is 6.07 Å². The van der Waals surface area contributed by atoms with Crippen molar-refractivity contribution in [2.75, 3.05) is 6.61 Å². The Balaban J connectivity index is 2.38. The molecule has 1 aromatic carbocycles. The summed E-state index contributed by atoms with van der Waals surface area (Å²) in [5, 5.41) is 27.1. The van der Waals surface area contributed by atoms with E-state index in [1.165, 1.54) is 6.07 Å². The van der Waals surface area contributed by atoms with Crippen molar-refractivity contribution < 1.29 is 24.3 Å². The molecule has 0 radical (unpaired) electrons. The van der Waals surface area contributed by atoms with Gasteiger partial charge in [0.1, 0.15) is 11.8 Å². The van der Waals surface area contributed by atoms with Crippen molar-refractivity contribution in [3.05, 3.63) is 23.3 Å². The zero-order chi connectivity index (χ0) is 12.4. The Kier molecular flexibility index (Phi) is 3.00. The topological polar surface area (TPSA) is 99.8 Å². The van der Waals surface area contributed by atoms with Crippen LogP contribution < -0.4 is 10.2 Å². The van der Waals surface area contributed by atoms with Crippen molar-refractivity contribution in [1.82, 2.24) is 0 Å². The number of hydrogen-bond acceptors (Lipinski definition) is 5. The number of ether oxygens (including phenoxy) is 1. The number of hydrogen-bond donors (Lipinski definition) is 2. The zero-order valence-electron chi connectivity index (χ0n) is 8.71. The third kappa shape index (κ3) is 2.09. The molecule has 1 aliphatic rings. The van der Waals surface area contributed by atoms with E-state index >= 15 is 0 Å². The third-order valence-electron chi connectivity index (χ3n) is 2.40. The van der Waals surface area contributed by atoms with Crippen LogP contribution in [0.1, 0.15) is 11.1 Å². The summed E-state index contributed by atoms with van der Waals surface area (Å²) >= 11 is 0. The smallest absolute Gasteiger partial charge is 0.481 e. The normalized spacial score (nSPS) is 13.1. The molecule has 0 aliphatic carbocycles. The van der Waals surface area contributed by atoms with E-state index in [4.69, 9.17) is 19.8 Å². The van der Waals surface area contributed by atoms with E-state index in [-0.39, 0.29) is 17.9 Å². The first-order chi connectivity index (χ1) is 8.13. The molecule has 1 heterocycles. The lowest BCUT2D eigenvalue weighted by molar-refractivity contribution is -0.139. The molecule has 0 bridgehead atoms. The SMILES string of the molecule is N#Cc1c(OCC(=O)O)ccc2c1B(O)OC2. The van der Waals surface area contributed by atoms with E-state index in [0.717, 1.165) is 0 Å². The number of carboxylic acid groups (broad SMARTS) is 1. The second-order valence-electron chi connectivity index (χ2n) is 3.47. The summed E-state index contributed by atoms with van der Waals surface area (Å²) in [6, 6.07) is 5.04. The molecule has 0 fully saturated rings. The predicted molar refractivity (Wildman–Crippen MR) is 56.7 cm³/mol. The summed E-state index contributed by atoms with van der Waals surface area (Å²) in [7, 11) is -1.16. The molecule has 0 aromatic heterocycles. The highest BCUT2D eigenvalue weighted by molar-refractivity contribution is 6.62. The van der Waals surface area contributed by atoms with E-state index in [9.17, 15) is 9.82 Å². The summed E-state index contributed by atoms with van der Waals surface area (Å²) in [4.78, 5) is 10.4. The Bertz CT molecular complexity index is 510. The fourth-order valence-corrected chi connectivity index (χ4v) is 1.68. The highest BCUT2D eigenvalue weighted by Gasteiger charge is 2.32. The van der Waals surface area contributed by atoms with Crippen LogP contribution in [0.25, 0.3) is 0 Å². The van der Waals surface area contributed by atoms with Gasteiger partial charge in [0.15, 0.2) is 6.61 Å². The van der Waals surface area contributed by atoms with Crippen molar-refractivity contribution in [2.45, 2.75) is 6.61 Å². The van der Waals surface area contributed by atoms with Crippen LogP contribution in [-0.2, 0) is 16.1 Å². The third-order valence-corrected chi connectivity index (χ3v) is 2.40. The minimum atomic E-state index is -1.16. The molecular formula is C10H8BNO5. The Labute approximate surface area is 97.1 Å². The first-order valence-corrected chi connectivity index (χ1v) is 4.83. The van der Waals surface area contributed by atoms with Crippen LogP contribution in [-0.4, -0.2) is 29.8 Å². The number of aliphatic carboxylic acids is 1. The fourth-order valence-electron chi connectivity index (χ4n) is 1.68. The van der Waals surface area contributed by atoms with Crippen LogP contribution in [0, 0.1) is 11.3 Å². The van der Waals surface area contributed by atoms with E-state index < -0.39 is 19.7 Å². The molecule has 0 atom stereocenters. The van der Waals surface area contributed by atoms with Crippen LogP contribution >= 0.6 is 0 Å². The monoisotopic (exact) mass is 233 g/mol. The highest BCUT2D eigenvalue weighted by atomic mass is 16.5. The number of nitrogens with zero attached hydrogens (tertiary/aromatic N) is 1. The molecule has 1 aliphatic heterocycles. The molecule has 17 heavy (non-hydrogen) atoms. The average Bonchev–Trinajstić information content (AvgIpc) is 2.68. The molecule has 7 heteroatoms. The maximum atomic E-state index is 10.4. The van der Waals surface area contributed by atoms with Crippen molar-refractivity contribution in [3.8, 4) is 11.8 Å². The number of benzene rings is 1. The summed E-state index contributed by atoms with van der Waals surface area (Å²) in [5.41, 5.74) is 1.18. The van der Waals surface area contributed by atoms with E-state index in [1.54, 1.807) is 6.07 Å². The Morgan fingerprint density at radius 3 is 3.06 bits per heavy atom.